The Morgan fingerprint density at radius 3 is 2.58 bits per heavy atom. The lowest BCUT2D eigenvalue weighted by Crippen LogP contribution is -2.41. The number of carboxylic acid groups (broad SMARTS) is 1. The monoisotopic (exact) mass is 599 g/mol. The molecular weight excluding hydrogens is 558 g/mol. The highest BCUT2D eigenvalue weighted by Gasteiger charge is 2.49. The van der Waals surface area contributed by atoms with Crippen LogP contribution < -0.4 is 20.7 Å². The number of rotatable bonds is 8. The zero-order chi connectivity index (χ0) is 30.2. The molecule has 43 heavy (non-hydrogen) atoms. The van der Waals surface area contributed by atoms with E-state index in [4.69, 9.17) is 10.5 Å². The van der Waals surface area contributed by atoms with Gasteiger partial charge in [-0.15, -0.1) is 0 Å². The van der Waals surface area contributed by atoms with Gasteiger partial charge >= 0.3 is 5.97 Å². The molecule has 9 heteroatoms. The summed E-state index contributed by atoms with van der Waals surface area (Å²) in [6.45, 7) is 6.47. The first-order chi connectivity index (χ1) is 20.7. The van der Waals surface area contributed by atoms with Gasteiger partial charge in [-0.2, -0.15) is 20.5 Å². The Labute approximate surface area is 256 Å². The molecule has 3 fully saturated rings. The number of aromatic nitrogens is 2. The molecule has 1 aliphatic carbocycles. The molecule has 1 aromatic heterocycles. The zero-order valence-corrected chi connectivity index (χ0v) is 26.0. The number of allylic oxidation sites excluding steroid dienone is 1. The Morgan fingerprint density at radius 2 is 1.91 bits per heavy atom. The maximum Gasteiger partial charge on any atom is 0.320 e. The summed E-state index contributed by atoms with van der Waals surface area (Å²) >= 11 is 0. The Morgan fingerprint density at radius 1 is 1.12 bits per heavy atom. The Bertz CT molecular complexity index is 1590. The van der Waals surface area contributed by atoms with Crippen LogP contribution in [0.2, 0.25) is 0 Å². The Hall–Kier alpha value is -3.69. The summed E-state index contributed by atoms with van der Waals surface area (Å²) in [5.74, 6) is 0.678. The van der Waals surface area contributed by atoms with Crippen LogP contribution in [0.1, 0.15) is 57.1 Å². The van der Waals surface area contributed by atoms with Crippen LogP contribution in [0.5, 0.6) is 5.88 Å². The molecule has 0 bridgehead atoms. The van der Waals surface area contributed by atoms with Gasteiger partial charge in [0.1, 0.15) is 17.5 Å². The molecule has 6 rings (SSSR count). The average molecular weight is 600 g/mol. The minimum Gasteiger partial charge on any atom is -0.480 e. The SMILES string of the molecule is C/C=C/c1ccc(C2(Oc3cc(N4CCC5(CC4)CN[C@H](C(=O)O)C5)nc(N)n3)CC2)c(-c2cccc(/S(C)=C/C)c2)c1. The lowest BCUT2D eigenvalue weighted by atomic mass is 9.76. The molecule has 2 aliphatic heterocycles. The number of aliphatic carboxylic acids is 1. The number of nitrogens with two attached hydrogens (primary N) is 1. The van der Waals surface area contributed by atoms with Gasteiger partial charge in [0.2, 0.25) is 11.8 Å². The van der Waals surface area contributed by atoms with Gasteiger partial charge in [0, 0.05) is 36.2 Å². The van der Waals surface area contributed by atoms with E-state index in [-0.39, 0.29) is 21.8 Å². The van der Waals surface area contributed by atoms with Gasteiger partial charge in [-0.3, -0.25) is 4.79 Å². The summed E-state index contributed by atoms with van der Waals surface area (Å²) in [6.07, 6.45) is 10.7. The normalized spacial score (nSPS) is 21.4. The molecule has 2 aromatic carbocycles. The van der Waals surface area contributed by atoms with Gasteiger partial charge in [-0.25, -0.2) is 0 Å². The first-order valence-electron chi connectivity index (χ1n) is 15.1. The molecule has 1 unspecified atom stereocenters. The zero-order valence-electron chi connectivity index (χ0n) is 25.2. The van der Waals surface area contributed by atoms with E-state index in [0.29, 0.717) is 12.3 Å². The number of nitrogens with zero attached hydrogens (tertiary/aromatic N) is 3. The van der Waals surface area contributed by atoms with Crippen molar-refractivity contribution in [1.82, 2.24) is 15.3 Å². The van der Waals surface area contributed by atoms with Crippen molar-refractivity contribution < 1.29 is 14.6 Å². The first kappa shape index (κ1) is 29.4. The van der Waals surface area contributed by atoms with Gasteiger partial charge < -0.3 is 25.8 Å². The van der Waals surface area contributed by atoms with Crippen molar-refractivity contribution in [3.05, 3.63) is 65.7 Å². The fourth-order valence-electron chi connectivity index (χ4n) is 6.56. The molecule has 2 saturated heterocycles. The molecule has 2 atom stereocenters. The van der Waals surface area contributed by atoms with Crippen LogP contribution in [0.15, 0.2) is 59.5 Å². The van der Waals surface area contributed by atoms with Crippen LogP contribution in [0.3, 0.4) is 0 Å². The second kappa shape index (κ2) is 11.8. The van der Waals surface area contributed by atoms with Gasteiger partial charge in [-0.05, 0) is 92.5 Å². The number of carbonyl (C=O) groups is 1. The third kappa shape index (κ3) is 6.06. The predicted octanol–water partition coefficient (Wildman–Crippen LogP) is 5.94. The first-order valence-corrected chi connectivity index (χ1v) is 16.8. The van der Waals surface area contributed by atoms with Crippen molar-refractivity contribution >= 4 is 39.7 Å². The van der Waals surface area contributed by atoms with E-state index >= 15 is 0 Å². The molecule has 8 nitrogen and oxygen atoms in total. The maximum atomic E-state index is 11.5. The number of nitrogens with one attached hydrogen (secondary N) is 1. The number of anilines is 2. The second-order valence-corrected chi connectivity index (χ2v) is 14.2. The largest absolute Gasteiger partial charge is 0.480 e. The lowest BCUT2D eigenvalue weighted by Gasteiger charge is -2.39. The lowest BCUT2D eigenvalue weighted by molar-refractivity contribution is -0.139. The second-order valence-electron chi connectivity index (χ2n) is 12.1. The van der Waals surface area contributed by atoms with E-state index in [1.807, 2.05) is 13.0 Å². The van der Waals surface area contributed by atoms with Crippen molar-refractivity contribution in [1.29, 1.82) is 0 Å². The van der Waals surface area contributed by atoms with E-state index in [1.165, 1.54) is 16.0 Å². The summed E-state index contributed by atoms with van der Waals surface area (Å²) in [4.78, 5) is 24.1. The van der Waals surface area contributed by atoms with Crippen molar-refractivity contribution in [2.24, 2.45) is 5.41 Å². The third-order valence-corrected chi connectivity index (χ3v) is 11.0. The number of ether oxygens (including phenoxy) is 1. The average Bonchev–Trinajstić information content (AvgIpc) is 3.67. The van der Waals surface area contributed by atoms with Crippen molar-refractivity contribution in [2.75, 3.05) is 36.5 Å². The fourth-order valence-corrected chi connectivity index (χ4v) is 7.44. The standard InChI is InChI=1S/C34H41N5O3S/c1-4-7-23-10-11-27(26(18-23)24-8-6-9-25(19-24)43(3)5-2)34(12-13-34)42-30-20-29(37-32(35)38-30)39-16-14-33(15-17-39)21-28(31(40)41)36-22-33/h4-11,18-20,28,36H,12-17,21-22H2,1-3H3,(H,40,41)(H2,35,37,38)/b7-4+/t28-,43?/m0/s1. The molecule has 3 heterocycles. The quantitative estimate of drug-likeness (QED) is 0.273. The highest BCUT2D eigenvalue weighted by Crippen LogP contribution is 2.52. The smallest absolute Gasteiger partial charge is 0.320 e. The molecule has 1 spiro atoms. The van der Waals surface area contributed by atoms with Crippen molar-refractivity contribution in [3.63, 3.8) is 0 Å². The summed E-state index contributed by atoms with van der Waals surface area (Å²) in [7, 11) is 0.0730. The minimum absolute atomic E-state index is 0.0236. The highest BCUT2D eigenvalue weighted by molar-refractivity contribution is 8.14. The molecular formula is C34H41N5O3S. The molecule has 3 aromatic rings. The maximum absolute atomic E-state index is 11.5. The summed E-state index contributed by atoms with van der Waals surface area (Å²) in [5, 5.41) is 14.9. The van der Waals surface area contributed by atoms with Crippen LogP contribution in [0, 0.1) is 5.41 Å². The summed E-state index contributed by atoms with van der Waals surface area (Å²) in [6, 6.07) is 16.9. The van der Waals surface area contributed by atoms with Crippen molar-refractivity contribution in [2.45, 2.75) is 62.5 Å². The third-order valence-electron chi connectivity index (χ3n) is 9.28. The van der Waals surface area contributed by atoms with Gasteiger partial charge in [0.15, 0.2) is 0 Å². The summed E-state index contributed by atoms with van der Waals surface area (Å²) < 4.78 is 6.75. The van der Waals surface area contributed by atoms with E-state index in [1.54, 1.807) is 0 Å². The van der Waals surface area contributed by atoms with Crippen molar-refractivity contribution in [3.8, 4) is 17.0 Å². The number of hydrogen-bond donors (Lipinski definition) is 3. The molecule has 0 radical (unpaired) electrons. The molecule has 0 amide bonds. The molecule has 4 N–H and O–H groups in total. The number of carboxylic acids is 1. The van der Waals surface area contributed by atoms with Crippen LogP contribution in [-0.4, -0.2) is 58.3 Å². The Balaban J connectivity index is 1.27. The van der Waals surface area contributed by atoms with Gasteiger partial charge in [0.25, 0.3) is 0 Å². The van der Waals surface area contributed by atoms with Gasteiger partial charge in [-0.1, -0.05) is 41.8 Å². The minimum atomic E-state index is -0.764. The molecule has 1 saturated carbocycles. The predicted molar refractivity (Wildman–Crippen MR) is 176 cm³/mol. The number of piperidine rings is 1. The molecule has 3 aliphatic rings. The fraction of sp³-hybridized carbons (Fsp3) is 0.412. The molecule has 226 valence electrons. The van der Waals surface area contributed by atoms with Crippen LogP contribution in [-0.2, 0) is 10.4 Å². The Kier molecular flexibility index (Phi) is 8.04. The van der Waals surface area contributed by atoms with Crippen LogP contribution in [0.4, 0.5) is 11.8 Å². The summed E-state index contributed by atoms with van der Waals surface area (Å²) in [5.41, 5.74) is 10.5. The van der Waals surface area contributed by atoms with Crippen LogP contribution in [0.25, 0.3) is 17.2 Å². The van der Waals surface area contributed by atoms with E-state index in [0.717, 1.165) is 62.3 Å². The van der Waals surface area contributed by atoms with Crippen LogP contribution >= 0.6 is 10.5 Å². The highest BCUT2D eigenvalue weighted by atomic mass is 32.2. The van der Waals surface area contributed by atoms with E-state index in [9.17, 15) is 9.90 Å². The van der Waals surface area contributed by atoms with Gasteiger partial charge in [0.05, 0.1) is 0 Å². The van der Waals surface area contributed by atoms with E-state index < -0.39 is 17.6 Å². The number of nitrogen functional groups attached to an aromatic ring is 1. The topological polar surface area (TPSA) is 114 Å². The number of benzene rings is 2. The number of hydrogen-bond acceptors (Lipinski definition) is 7. The van der Waals surface area contributed by atoms with E-state index in [2.05, 4.69) is 93.3 Å².